The van der Waals surface area contributed by atoms with Crippen molar-refractivity contribution in [3.8, 4) is 11.7 Å². The third kappa shape index (κ3) is 3.88. The van der Waals surface area contributed by atoms with E-state index in [1.54, 1.807) is 16.9 Å². The van der Waals surface area contributed by atoms with E-state index in [0.29, 0.717) is 24.8 Å². The zero-order valence-corrected chi connectivity index (χ0v) is 16.1. The average molecular weight is 377 g/mol. The zero-order chi connectivity index (χ0) is 19.5. The zero-order valence-electron chi connectivity index (χ0n) is 16.1. The Bertz CT molecular complexity index is 945. The van der Waals surface area contributed by atoms with Gasteiger partial charge < -0.3 is 9.64 Å². The number of rotatable bonds is 4. The van der Waals surface area contributed by atoms with Crippen LogP contribution in [0.3, 0.4) is 0 Å². The first kappa shape index (κ1) is 18.2. The van der Waals surface area contributed by atoms with Crippen molar-refractivity contribution in [3.05, 3.63) is 65.5 Å². The highest BCUT2D eigenvalue weighted by molar-refractivity contribution is 5.94. The molecular weight excluding hydrogens is 354 g/mol. The van der Waals surface area contributed by atoms with E-state index in [9.17, 15) is 4.79 Å². The van der Waals surface area contributed by atoms with Gasteiger partial charge in [-0.1, -0.05) is 6.07 Å². The van der Waals surface area contributed by atoms with E-state index in [0.717, 1.165) is 24.0 Å². The standard InChI is InChI=1S/C21H23N5O2/c1-15-4-5-17(14-16(15)2)21(27)25-12-8-18(9-13-25)28-20-7-6-19(23-24-20)26-11-3-10-22-26/h3-7,10-11,14,18H,8-9,12-13H2,1-2H3. The first-order valence-electron chi connectivity index (χ1n) is 9.47. The smallest absolute Gasteiger partial charge is 0.253 e. The molecule has 7 nitrogen and oxygen atoms in total. The van der Waals surface area contributed by atoms with Crippen LogP contribution >= 0.6 is 0 Å². The minimum Gasteiger partial charge on any atom is -0.473 e. The molecule has 0 saturated carbocycles. The maximum absolute atomic E-state index is 12.7. The highest BCUT2D eigenvalue weighted by Gasteiger charge is 2.25. The fourth-order valence-electron chi connectivity index (χ4n) is 3.31. The molecule has 1 aliphatic heterocycles. The lowest BCUT2D eigenvalue weighted by Gasteiger charge is -2.32. The topological polar surface area (TPSA) is 73.1 Å². The molecule has 4 rings (SSSR count). The molecule has 3 heterocycles. The molecule has 2 aromatic heterocycles. The maximum Gasteiger partial charge on any atom is 0.253 e. The summed E-state index contributed by atoms with van der Waals surface area (Å²) in [5.74, 6) is 1.23. The van der Waals surface area contributed by atoms with Gasteiger partial charge in [0.25, 0.3) is 5.91 Å². The Hall–Kier alpha value is -3.22. The second-order valence-electron chi connectivity index (χ2n) is 7.09. The molecule has 0 atom stereocenters. The Kier molecular flexibility index (Phi) is 5.06. The number of aryl methyl sites for hydroxylation is 2. The minimum atomic E-state index is 0.0358. The lowest BCUT2D eigenvalue weighted by atomic mass is 10.0. The van der Waals surface area contributed by atoms with E-state index in [1.807, 2.05) is 48.4 Å². The highest BCUT2D eigenvalue weighted by atomic mass is 16.5. The quantitative estimate of drug-likeness (QED) is 0.699. The number of hydrogen-bond acceptors (Lipinski definition) is 5. The number of likely N-dealkylation sites (tertiary alicyclic amines) is 1. The molecule has 1 amide bonds. The van der Waals surface area contributed by atoms with Crippen molar-refractivity contribution in [2.24, 2.45) is 0 Å². The first-order valence-corrected chi connectivity index (χ1v) is 9.47. The second kappa shape index (κ2) is 7.80. The third-order valence-corrected chi connectivity index (χ3v) is 5.14. The summed E-state index contributed by atoms with van der Waals surface area (Å²) in [5, 5.41) is 12.4. The number of hydrogen-bond donors (Lipinski definition) is 0. The van der Waals surface area contributed by atoms with Gasteiger partial charge in [-0.15, -0.1) is 10.2 Å². The van der Waals surface area contributed by atoms with Gasteiger partial charge in [0.2, 0.25) is 5.88 Å². The van der Waals surface area contributed by atoms with Gasteiger partial charge in [0.05, 0.1) is 0 Å². The van der Waals surface area contributed by atoms with Crippen molar-refractivity contribution >= 4 is 5.91 Å². The second-order valence-corrected chi connectivity index (χ2v) is 7.09. The van der Waals surface area contributed by atoms with Crippen LogP contribution < -0.4 is 4.74 Å². The Morgan fingerprint density at radius 3 is 2.54 bits per heavy atom. The predicted octanol–water partition coefficient (Wildman–Crippen LogP) is 2.96. The molecule has 0 unspecified atom stereocenters. The van der Waals surface area contributed by atoms with Gasteiger partial charge in [-0.25, -0.2) is 4.68 Å². The molecule has 1 saturated heterocycles. The Morgan fingerprint density at radius 1 is 1.07 bits per heavy atom. The van der Waals surface area contributed by atoms with Crippen molar-refractivity contribution < 1.29 is 9.53 Å². The van der Waals surface area contributed by atoms with E-state index in [2.05, 4.69) is 22.2 Å². The number of carbonyl (C=O) groups is 1. The summed E-state index contributed by atoms with van der Waals surface area (Å²) in [4.78, 5) is 14.6. The number of benzene rings is 1. The number of ether oxygens (including phenoxy) is 1. The van der Waals surface area contributed by atoms with E-state index in [1.165, 1.54) is 5.56 Å². The average Bonchev–Trinajstić information content (AvgIpc) is 3.26. The SMILES string of the molecule is Cc1ccc(C(=O)N2CCC(Oc3ccc(-n4cccn4)nn3)CC2)cc1C. The number of aromatic nitrogens is 4. The van der Waals surface area contributed by atoms with Gasteiger partial charge >= 0.3 is 0 Å². The van der Waals surface area contributed by atoms with Crippen LogP contribution in [0.5, 0.6) is 5.88 Å². The summed E-state index contributed by atoms with van der Waals surface area (Å²) in [5.41, 5.74) is 3.09. The van der Waals surface area contributed by atoms with Crippen molar-refractivity contribution in [1.29, 1.82) is 0 Å². The molecule has 1 fully saturated rings. The first-order chi connectivity index (χ1) is 13.6. The molecular formula is C21H23N5O2. The fourth-order valence-corrected chi connectivity index (χ4v) is 3.31. The molecule has 1 aromatic carbocycles. The molecule has 7 heteroatoms. The molecule has 0 radical (unpaired) electrons. The molecule has 0 bridgehead atoms. The molecule has 0 aliphatic carbocycles. The van der Waals surface area contributed by atoms with Gasteiger partial charge in [-0.2, -0.15) is 5.10 Å². The lowest BCUT2D eigenvalue weighted by Crippen LogP contribution is -2.41. The van der Waals surface area contributed by atoms with Gasteiger partial charge in [0.1, 0.15) is 6.10 Å². The number of carbonyl (C=O) groups excluding carboxylic acids is 1. The largest absolute Gasteiger partial charge is 0.473 e. The van der Waals surface area contributed by atoms with Crippen LogP contribution in [0.15, 0.2) is 48.8 Å². The van der Waals surface area contributed by atoms with Crippen molar-refractivity contribution in [2.45, 2.75) is 32.8 Å². The number of piperidine rings is 1. The molecule has 144 valence electrons. The maximum atomic E-state index is 12.7. The van der Waals surface area contributed by atoms with Gasteiger partial charge in [0, 0.05) is 50.0 Å². The van der Waals surface area contributed by atoms with Crippen LogP contribution in [0.25, 0.3) is 5.82 Å². The lowest BCUT2D eigenvalue weighted by molar-refractivity contribution is 0.0586. The molecule has 0 N–H and O–H groups in total. The van der Waals surface area contributed by atoms with E-state index in [4.69, 9.17) is 4.74 Å². The van der Waals surface area contributed by atoms with Crippen LogP contribution in [-0.2, 0) is 0 Å². The van der Waals surface area contributed by atoms with Crippen LogP contribution in [0.4, 0.5) is 0 Å². The van der Waals surface area contributed by atoms with E-state index < -0.39 is 0 Å². The van der Waals surface area contributed by atoms with E-state index in [-0.39, 0.29) is 12.0 Å². The van der Waals surface area contributed by atoms with Gasteiger partial charge in [0.15, 0.2) is 5.82 Å². The number of amides is 1. The fraction of sp³-hybridized carbons (Fsp3) is 0.333. The Labute approximate surface area is 164 Å². The summed E-state index contributed by atoms with van der Waals surface area (Å²) in [7, 11) is 0. The van der Waals surface area contributed by atoms with Crippen molar-refractivity contribution in [2.75, 3.05) is 13.1 Å². The van der Waals surface area contributed by atoms with Gasteiger partial charge in [-0.3, -0.25) is 4.79 Å². The van der Waals surface area contributed by atoms with Crippen LogP contribution in [0, 0.1) is 13.8 Å². The Morgan fingerprint density at radius 2 is 1.89 bits per heavy atom. The van der Waals surface area contributed by atoms with Crippen molar-refractivity contribution in [3.63, 3.8) is 0 Å². The summed E-state index contributed by atoms with van der Waals surface area (Å²) >= 11 is 0. The van der Waals surface area contributed by atoms with Crippen LogP contribution in [-0.4, -0.2) is 50.0 Å². The highest BCUT2D eigenvalue weighted by Crippen LogP contribution is 2.20. The molecule has 1 aliphatic rings. The molecule has 28 heavy (non-hydrogen) atoms. The summed E-state index contributed by atoms with van der Waals surface area (Å²) < 4.78 is 7.60. The Balaban J connectivity index is 1.32. The monoisotopic (exact) mass is 377 g/mol. The predicted molar refractivity (Wildman–Crippen MR) is 105 cm³/mol. The minimum absolute atomic E-state index is 0.0358. The van der Waals surface area contributed by atoms with Crippen LogP contribution in [0.1, 0.15) is 34.3 Å². The van der Waals surface area contributed by atoms with Crippen molar-refractivity contribution in [1.82, 2.24) is 24.9 Å². The third-order valence-electron chi connectivity index (χ3n) is 5.14. The van der Waals surface area contributed by atoms with E-state index >= 15 is 0 Å². The molecule has 0 spiro atoms. The summed E-state index contributed by atoms with van der Waals surface area (Å²) in [6.07, 6.45) is 5.10. The summed E-state index contributed by atoms with van der Waals surface area (Å²) in [6.45, 7) is 5.44. The van der Waals surface area contributed by atoms with Gasteiger partial charge in [-0.05, 0) is 49.2 Å². The normalized spacial score (nSPS) is 14.9. The number of nitrogens with zero attached hydrogens (tertiary/aromatic N) is 5. The molecule has 3 aromatic rings. The summed E-state index contributed by atoms with van der Waals surface area (Å²) in [6, 6.07) is 11.3. The van der Waals surface area contributed by atoms with Crippen LogP contribution in [0.2, 0.25) is 0 Å².